The number of halogens is 3. The zero-order valence-corrected chi connectivity index (χ0v) is 18.4. The third kappa shape index (κ3) is 6.18. The van der Waals surface area contributed by atoms with Crippen LogP contribution in [0, 0.1) is 11.7 Å². The molecule has 2 aromatic carbocycles. The second-order valence-corrected chi connectivity index (χ2v) is 8.56. The SMILES string of the molecule is CC(C)c1cc(F)cc(Oc2c(Cl)cc(NC(=O)CC3CC(=O)NC(=O)C3)cc2Cl)c1. The number of anilines is 1. The molecular weight excluding hydrogens is 446 g/mol. The number of rotatable bonds is 6. The summed E-state index contributed by atoms with van der Waals surface area (Å²) in [5.74, 6) is -1.46. The summed E-state index contributed by atoms with van der Waals surface area (Å²) >= 11 is 12.6. The van der Waals surface area contributed by atoms with Gasteiger partial charge in [-0.1, -0.05) is 37.0 Å². The number of hydrogen-bond donors (Lipinski definition) is 2. The monoisotopic (exact) mass is 466 g/mol. The minimum atomic E-state index is -0.438. The molecule has 2 N–H and O–H groups in total. The lowest BCUT2D eigenvalue weighted by Crippen LogP contribution is -2.39. The van der Waals surface area contributed by atoms with Crippen LogP contribution in [0.4, 0.5) is 10.1 Å². The third-order valence-electron chi connectivity index (χ3n) is 4.76. The molecule has 0 unspecified atom stereocenters. The van der Waals surface area contributed by atoms with Crippen LogP contribution in [0.1, 0.15) is 44.6 Å². The highest BCUT2D eigenvalue weighted by Gasteiger charge is 2.27. The van der Waals surface area contributed by atoms with Crippen LogP contribution in [0.2, 0.25) is 10.0 Å². The molecule has 0 radical (unpaired) electrons. The van der Waals surface area contributed by atoms with Gasteiger partial charge in [-0.3, -0.25) is 19.7 Å². The van der Waals surface area contributed by atoms with Crippen molar-refractivity contribution in [3.8, 4) is 11.5 Å². The number of nitrogens with one attached hydrogen (secondary N) is 2. The minimum absolute atomic E-state index is 0.00786. The minimum Gasteiger partial charge on any atom is -0.454 e. The molecule has 1 aliphatic heterocycles. The third-order valence-corrected chi connectivity index (χ3v) is 5.32. The summed E-state index contributed by atoms with van der Waals surface area (Å²) in [5, 5.41) is 5.12. The standard InChI is InChI=1S/C22H21Cl2FN2O4/c1-11(2)13-6-14(25)8-16(7-13)31-22-17(23)9-15(10-18(22)24)26-19(28)3-12-4-20(29)27-21(30)5-12/h6-12H,3-5H2,1-2H3,(H,26,28)(H,27,29,30). The van der Waals surface area contributed by atoms with Crippen molar-refractivity contribution in [2.45, 2.75) is 39.0 Å². The number of amides is 3. The van der Waals surface area contributed by atoms with E-state index in [1.807, 2.05) is 13.8 Å². The van der Waals surface area contributed by atoms with Gasteiger partial charge < -0.3 is 10.1 Å². The fraction of sp³-hybridized carbons (Fsp3) is 0.318. The van der Waals surface area contributed by atoms with E-state index >= 15 is 0 Å². The van der Waals surface area contributed by atoms with Crippen molar-refractivity contribution in [2.24, 2.45) is 5.92 Å². The lowest BCUT2D eigenvalue weighted by molar-refractivity contribution is -0.135. The molecule has 1 fully saturated rings. The fourth-order valence-corrected chi connectivity index (χ4v) is 3.86. The van der Waals surface area contributed by atoms with E-state index in [1.165, 1.54) is 24.3 Å². The maximum absolute atomic E-state index is 13.9. The largest absolute Gasteiger partial charge is 0.454 e. The molecule has 2 aromatic rings. The number of hydrogen-bond acceptors (Lipinski definition) is 4. The Bertz CT molecular complexity index is 1000. The summed E-state index contributed by atoms with van der Waals surface area (Å²) in [6, 6.07) is 7.29. The van der Waals surface area contributed by atoms with Crippen molar-refractivity contribution in [1.82, 2.24) is 5.32 Å². The predicted molar refractivity (Wildman–Crippen MR) is 116 cm³/mol. The molecule has 0 spiro atoms. The number of ether oxygens (including phenoxy) is 1. The van der Waals surface area contributed by atoms with Gasteiger partial charge in [-0.05, 0) is 41.7 Å². The number of carbonyl (C=O) groups is 3. The van der Waals surface area contributed by atoms with Crippen LogP contribution in [0.15, 0.2) is 30.3 Å². The highest BCUT2D eigenvalue weighted by molar-refractivity contribution is 6.37. The second kappa shape index (κ2) is 9.66. The molecule has 1 saturated heterocycles. The van der Waals surface area contributed by atoms with Crippen molar-refractivity contribution in [3.05, 3.63) is 51.8 Å². The Morgan fingerprint density at radius 1 is 1.13 bits per heavy atom. The van der Waals surface area contributed by atoms with E-state index in [1.54, 1.807) is 6.07 Å². The Labute approximate surface area is 189 Å². The number of carbonyl (C=O) groups excluding carboxylic acids is 3. The van der Waals surface area contributed by atoms with E-state index in [0.29, 0.717) is 5.69 Å². The molecule has 9 heteroatoms. The smallest absolute Gasteiger partial charge is 0.226 e. The lowest BCUT2D eigenvalue weighted by atomic mass is 9.93. The van der Waals surface area contributed by atoms with Gasteiger partial charge in [0.05, 0.1) is 10.0 Å². The molecule has 31 heavy (non-hydrogen) atoms. The molecular formula is C22H21Cl2FN2O4. The van der Waals surface area contributed by atoms with E-state index in [0.717, 1.165) is 5.56 Å². The molecule has 3 amide bonds. The molecule has 1 heterocycles. The fourth-order valence-electron chi connectivity index (χ4n) is 3.30. The number of benzene rings is 2. The molecule has 0 aliphatic carbocycles. The second-order valence-electron chi connectivity index (χ2n) is 7.74. The Kier molecular flexibility index (Phi) is 7.18. The van der Waals surface area contributed by atoms with E-state index in [9.17, 15) is 18.8 Å². The van der Waals surface area contributed by atoms with Crippen molar-refractivity contribution >= 4 is 46.6 Å². The lowest BCUT2D eigenvalue weighted by Gasteiger charge is -2.20. The zero-order valence-electron chi connectivity index (χ0n) is 16.9. The highest BCUT2D eigenvalue weighted by atomic mass is 35.5. The average molecular weight is 467 g/mol. The van der Waals surface area contributed by atoms with Crippen molar-refractivity contribution in [1.29, 1.82) is 0 Å². The van der Waals surface area contributed by atoms with Gasteiger partial charge >= 0.3 is 0 Å². The van der Waals surface area contributed by atoms with Gasteiger partial charge in [0.25, 0.3) is 0 Å². The van der Waals surface area contributed by atoms with Crippen LogP contribution >= 0.6 is 23.2 Å². The molecule has 0 aromatic heterocycles. The first-order chi connectivity index (χ1) is 14.6. The summed E-state index contributed by atoms with van der Waals surface area (Å²) < 4.78 is 19.6. The van der Waals surface area contributed by atoms with E-state index in [-0.39, 0.29) is 70.4 Å². The topological polar surface area (TPSA) is 84.5 Å². The Hall–Kier alpha value is -2.64. The molecule has 164 valence electrons. The van der Waals surface area contributed by atoms with Gasteiger partial charge in [0.2, 0.25) is 17.7 Å². The van der Waals surface area contributed by atoms with Crippen molar-refractivity contribution < 1.29 is 23.5 Å². The van der Waals surface area contributed by atoms with Crippen LogP contribution in [0.3, 0.4) is 0 Å². The quantitative estimate of drug-likeness (QED) is 0.555. The summed E-state index contributed by atoms with van der Waals surface area (Å²) in [5.41, 5.74) is 1.10. The van der Waals surface area contributed by atoms with E-state index < -0.39 is 5.82 Å². The van der Waals surface area contributed by atoms with Crippen molar-refractivity contribution in [3.63, 3.8) is 0 Å². The van der Waals surface area contributed by atoms with Gasteiger partial charge in [-0.15, -0.1) is 0 Å². The van der Waals surface area contributed by atoms with Crippen LogP contribution in [-0.2, 0) is 14.4 Å². The zero-order chi connectivity index (χ0) is 22.7. The Morgan fingerprint density at radius 3 is 2.32 bits per heavy atom. The number of piperidine rings is 1. The van der Waals surface area contributed by atoms with Gasteiger partial charge in [0.1, 0.15) is 11.6 Å². The summed E-state index contributed by atoms with van der Waals surface area (Å²) in [4.78, 5) is 35.2. The maximum atomic E-state index is 13.9. The van der Waals surface area contributed by atoms with Gasteiger partial charge in [0, 0.05) is 31.0 Å². The molecule has 1 aliphatic rings. The number of imide groups is 1. The summed E-state index contributed by atoms with van der Waals surface area (Å²) in [6.45, 7) is 3.87. The van der Waals surface area contributed by atoms with Crippen molar-refractivity contribution in [2.75, 3.05) is 5.32 Å². The van der Waals surface area contributed by atoms with Crippen LogP contribution in [-0.4, -0.2) is 17.7 Å². The van der Waals surface area contributed by atoms with Crippen LogP contribution in [0.25, 0.3) is 0 Å². The Balaban J connectivity index is 1.71. The van der Waals surface area contributed by atoms with Crippen LogP contribution < -0.4 is 15.4 Å². The maximum Gasteiger partial charge on any atom is 0.226 e. The van der Waals surface area contributed by atoms with Gasteiger partial charge in [-0.2, -0.15) is 0 Å². The van der Waals surface area contributed by atoms with Crippen LogP contribution in [0.5, 0.6) is 11.5 Å². The van der Waals surface area contributed by atoms with E-state index in [4.69, 9.17) is 27.9 Å². The van der Waals surface area contributed by atoms with Gasteiger partial charge in [0.15, 0.2) is 5.75 Å². The molecule has 0 bridgehead atoms. The first kappa shape index (κ1) is 23.0. The highest BCUT2D eigenvalue weighted by Crippen LogP contribution is 2.39. The average Bonchev–Trinajstić information content (AvgIpc) is 2.63. The first-order valence-corrected chi connectivity index (χ1v) is 10.5. The van der Waals surface area contributed by atoms with E-state index in [2.05, 4.69) is 10.6 Å². The predicted octanol–water partition coefficient (Wildman–Crippen LogP) is 5.43. The molecule has 0 atom stereocenters. The normalized spacial score (nSPS) is 14.5. The molecule has 3 rings (SSSR count). The molecule has 6 nitrogen and oxygen atoms in total. The van der Waals surface area contributed by atoms with Gasteiger partial charge in [-0.25, -0.2) is 4.39 Å². The Morgan fingerprint density at radius 2 is 1.74 bits per heavy atom. The summed E-state index contributed by atoms with van der Waals surface area (Å²) in [7, 11) is 0. The first-order valence-electron chi connectivity index (χ1n) is 9.70. The molecule has 0 saturated carbocycles. The summed E-state index contributed by atoms with van der Waals surface area (Å²) in [6.07, 6.45) is 0.229.